The number of hydrogen-bond donors (Lipinski definition) is 1. The highest BCUT2D eigenvalue weighted by Crippen LogP contribution is 2.32. The number of anilines is 2. The van der Waals surface area contributed by atoms with Crippen LogP contribution in [-0.4, -0.2) is 36.2 Å². The van der Waals surface area contributed by atoms with Crippen molar-refractivity contribution < 1.29 is 18.7 Å². The highest BCUT2D eigenvalue weighted by Gasteiger charge is 2.33. The molecule has 1 N–H and O–H groups in total. The average Bonchev–Trinajstić information content (AvgIpc) is 3.29. The van der Waals surface area contributed by atoms with E-state index in [4.69, 9.17) is 4.74 Å². The Balaban J connectivity index is 1.45. The molecule has 8 heteroatoms. The predicted octanol–water partition coefficient (Wildman–Crippen LogP) is 2.59. The number of benzene rings is 1. The van der Waals surface area contributed by atoms with Crippen molar-refractivity contribution in [3.63, 3.8) is 0 Å². The third kappa shape index (κ3) is 3.49. The number of carbonyl (C=O) groups excluding carboxylic acids is 2. The molecule has 1 atom stereocenters. The summed E-state index contributed by atoms with van der Waals surface area (Å²) in [5.74, 6) is -0.508. The Morgan fingerprint density at radius 2 is 2.21 bits per heavy atom. The van der Waals surface area contributed by atoms with Crippen molar-refractivity contribution in [3.8, 4) is 0 Å². The second-order valence-corrected chi connectivity index (χ2v) is 6.87. The summed E-state index contributed by atoms with van der Waals surface area (Å²) in [5, 5.41) is 2.70. The van der Waals surface area contributed by atoms with Gasteiger partial charge in [-0.2, -0.15) is 0 Å². The number of hydrogen-bond acceptors (Lipinski definition) is 5. The summed E-state index contributed by atoms with van der Waals surface area (Å²) in [4.78, 5) is 31.2. The van der Waals surface area contributed by atoms with Crippen molar-refractivity contribution in [2.45, 2.75) is 32.5 Å². The monoisotopic (exact) mass is 384 g/mol. The lowest BCUT2D eigenvalue weighted by Gasteiger charge is -2.20. The summed E-state index contributed by atoms with van der Waals surface area (Å²) in [6.45, 7) is 3.42. The molecular formula is C20H21FN4O3. The quantitative estimate of drug-likeness (QED) is 0.858. The van der Waals surface area contributed by atoms with Gasteiger partial charge in [0.2, 0.25) is 5.91 Å². The number of ether oxygens (including phenoxy) is 1. The van der Waals surface area contributed by atoms with E-state index in [1.54, 1.807) is 25.3 Å². The molecule has 4 rings (SSSR count). The van der Waals surface area contributed by atoms with Gasteiger partial charge < -0.3 is 15.0 Å². The zero-order chi connectivity index (χ0) is 19.7. The molecule has 3 heterocycles. The molecule has 0 bridgehead atoms. The molecule has 2 amide bonds. The lowest BCUT2D eigenvalue weighted by molar-refractivity contribution is -0.121. The van der Waals surface area contributed by atoms with E-state index in [0.717, 1.165) is 11.3 Å². The molecule has 0 spiro atoms. The molecule has 0 radical (unpaired) electrons. The van der Waals surface area contributed by atoms with E-state index in [0.29, 0.717) is 30.9 Å². The molecule has 1 saturated heterocycles. The minimum atomic E-state index is -0.541. The Morgan fingerprint density at radius 1 is 1.36 bits per heavy atom. The number of cyclic esters (lactones) is 1. The molecular weight excluding hydrogens is 363 g/mol. The fourth-order valence-corrected chi connectivity index (χ4v) is 3.48. The van der Waals surface area contributed by atoms with Gasteiger partial charge in [-0.15, -0.1) is 0 Å². The van der Waals surface area contributed by atoms with Crippen LogP contribution in [0.5, 0.6) is 0 Å². The van der Waals surface area contributed by atoms with Gasteiger partial charge in [0.05, 0.1) is 36.7 Å². The topological polar surface area (TPSA) is 74.8 Å². The normalized spacial score (nSPS) is 18.2. The van der Waals surface area contributed by atoms with E-state index >= 15 is 0 Å². The van der Waals surface area contributed by atoms with Crippen LogP contribution in [0.2, 0.25) is 0 Å². The zero-order valence-electron chi connectivity index (χ0n) is 15.5. The molecule has 28 heavy (non-hydrogen) atoms. The van der Waals surface area contributed by atoms with E-state index in [1.165, 1.54) is 11.0 Å². The van der Waals surface area contributed by atoms with Gasteiger partial charge in [0.25, 0.3) is 0 Å². The highest BCUT2D eigenvalue weighted by molar-refractivity contribution is 5.90. The fourth-order valence-electron chi connectivity index (χ4n) is 3.48. The first-order valence-corrected chi connectivity index (χ1v) is 9.27. The molecule has 2 aromatic rings. The zero-order valence-corrected chi connectivity index (χ0v) is 15.5. The van der Waals surface area contributed by atoms with Crippen LogP contribution in [0.3, 0.4) is 0 Å². The van der Waals surface area contributed by atoms with Gasteiger partial charge in [-0.05, 0) is 29.8 Å². The van der Waals surface area contributed by atoms with Crippen LogP contribution in [0, 0.1) is 5.82 Å². The second kappa shape index (κ2) is 7.46. The van der Waals surface area contributed by atoms with Crippen molar-refractivity contribution in [1.82, 2.24) is 10.3 Å². The van der Waals surface area contributed by atoms with Crippen LogP contribution in [0.15, 0.2) is 36.5 Å². The maximum atomic E-state index is 14.8. The highest BCUT2D eigenvalue weighted by atomic mass is 19.1. The smallest absolute Gasteiger partial charge is 0.414 e. The summed E-state index contributed by atoms with van der Waals surface area (Å²) in [6.07, 6.45) is 1.11. The van der Waals surface area contributed by atoms with E-state index in [-0.39, 0.29) is 19.0 Å². The number of amides is 2. The summed E-state index contributed by atoms with van der Waals surface area (Å²) in [5.41, 5.74) is 2.95. The summed E-state index contributed by atoms with van der Waals surface area (Å²) in [7, 11) is 0. The van der Waals surface area contributed by atoms with Gasteiger partial charge >= 0.3 is 6.09 Å². The van der Waals surface area contributed by atoms with Gasteiger partial charge in [0.1, 0.15) is 11.9 Å². The Bertz CT molecular complexity index is 895. The number of nitrogens with zero attached hydrogens (tertiary/aromatic N) is 3. The van der Waals surface area contributed by atoms with E-state index in [9.17, 15) is 14.0 Å². The Kier molecular flexibility index (Phi) is 4.85. The van der Waals surface area contributed by atoms with Crippen molar-refractivity contribution in [2.75, 3.05) is 22.9 Å². The Hall–Kier alpha value is -3.16. The minimum absolute atomic E-state index is 0.106. The predicted molar refractivity (Wildman–Crippen MR) is 101 cm³/mol. The van der Waals surface area contributed by atoms with Gasteiger partial charge in [-0.25, -0.2) is 9.18 Å². The van der Waals surface area contributed by atoms with Crippen LogP contribution >= 0.6 is 0 Å². The molecule has 0 saturated carbocycles. The molecule has 1 fully saturated rings. The lowest BCUT2D eigenvalue weighted by Crippen LogP contribution is -2.34. The van der Waals surface area contributed by atoms with Gasteiger partial charge in [-0.3, -0.25) is 14.7 Å². The van der Waals surface area contributed by atoms with Crippen LogP contribution in [-0.2, 0) is 22.6 Å². The number of carbonyl (C=O) groups is 2. The van der Waals surface area contributed by atoms with E-state index in [1.807, 2.05) is 17.0 Å². The number of rotatable bonds is 5. The third-order valence-electron chi connectivity index (χ3n) is 4.99. The molecule has 0 aliphatic carbocycles. The lowest BCUT2D eigenvalue weighted by atomic mass is 10.2. The van der Waals surface area contributed by atoms with Gasteiger partial charge in [0, 0.05) is 19.2 Å². The molecule has 2 aliphatic rings. The standard InChI is InChI=1S/C20H21FN4O3/c1-2-19(26)23-9-15-11-25(20(27)28-15)14-5-6-18(16(21)8-14)24-10-13-4-3-7-22-17(13)12-24/h3-8,15H,2,9-12H2,1H3,(H,23,26). The molecule has 146 valence electrons. The van der Waals surface area contributed by atoms with Crippen LogP contribution in [0.25, 0.3) is 0 Å². The fraction of sp³-hybridized carbons (Fsp3) is 0.350. The number of pyridine rings is 1. The first kappa shape index (κ1) is 18.2. The largest absolute Gasteiger partial charge is 0.442 e. The van der Waals surface area contributed by atoms with Crippen molar-refractivity contribution >= 4 is 23.4 Å². The number of halogens is 1. The van der Waals surface area contributed by atoms with Crippen molar-refractivity contribution in [3.05, 3.63) is 53.6 Å². The molecule has 2 aliphatic heterocycles. The Morgan fingerprint density at radius 3 is 2.96 bits per heavy atom. The molecule has 7 nitrogen and oxygen atoms in total. The van der Waals surface area contributed by atoms with Crippen molar-refractivity contribution in [2.24, 2.45) is 0 Å². The number of fused-ring (bicyclic) bond motifs is 1. The maximum Gasteiger partial charge on any atom is 0.414 e. The minimum Gasteiger partial charge on any atom is -0.442 e. The number of aromatic nitrogens is 1. The summed E-state index contributed by atoms with van der Waals surface area (Å²) < 4.78 is 20.1. The molecule has 1 aromatic heterocycles. The third-order valence-corrected chi connectivity index (χ3v) is 4.99. The first-order chi connectivity index (χ1) is 13.5. The summed E-state index contributed by atoms with van der Waals surface area (Å²) >= 11 is 0. The van der Waals surface area contributed by atoms with Crippen molar-refractivity contribution in [1.29, 1.82) is 0 Å². The van der Waals surface area contributed by atoms with E-state index in [2.05, 4.69) is 10.3 Å². The number of nitrogens with one attached hydrogen (secondary N) is 1. The maximum absolute atomic E-state index is 14.8. The second-order valence-electron chi connectivity index (χ2n) is 6.87. The molecule has 1 aromatic carbocycles. The van der Waals surface area contributed by atoms with E-state index < -0.39 is 18.0 Å². The van der Waals surface area contributed by atoms with Crippen LogP contribution < -0.4 is 15.1 Å². The van der Waals surface area contributed by atoms with Gasteiger partial charge in [-0.1, -0.05) is 13.0 Å². The van der Waals surface area contributed by atoms with Crippen LogP contribution in [0.1, 0.15) is 24.6 Å². The molecule has 1 unspecified atom stereocenters. The SMILES string of the molecule is CCC(=O)NCC1CN(c2ccc(N3Cc4cccnc4C3)c(F)c2)C(=O)O1. The summed E-state index contributed by atoms with van der Waals surface area (Å²) in [6, 6.07) is 8.60. The average molecular weight is 384 g/mol. The van der Waals surface area contributed by atoms with Gasteiger partial charge in [0.15, 0.2) is 0 Å². The first-order valence-electron chi connectivity index (χ1n) is 9.27. The van der Waals surface area contributed by atoms with Crippen LogP contribution in [0.4, 0.5) is 20.6 Å². The Labute approximate surface area is 162 Å².